The van der Waals surface area contributed by atoms with Crippen molar-refractivity contribution in [1.82, 2.24) is 4.90 Å². The summed E-state index contributed by atoms with van der Waals surface area (Å²) in [6, 6.07) is 4.36. The molecule has 1 saturated heterocycles. The minimum absolute atomic E-state index is 0.133. The average Bonchev–Trinajstić information content (AvgIpc) is 2.79. The van der Waals surface area contributed by atoms with E-state index >= 15 is 0 Å². The molecule has 1 aromatic rings. The molecular weight excluding hydrogens is 332 g/mol. The van der Waals surface area contributed by atoms with Crippen molar-refractivity contribution in [2.45, 2.75) is 37.9 Å². The van der Waals surface area contributed by atoms with Crippen LogP contribution in [0.2, 0.25) is 10.0 Å². The van der Waals surface area contributed by atoms with Crippen molar-refractivity contribution >= 4 is 35.1 Å². The Morgan fingerprint density at radius 1 is 1.41 bits per heavy atom. The number of likely N-dealkylation sites (tertiary alicyclic amines) is 1. The summed E-state index contributed by atoms with van der Waals surface area (Å²) >= 11 is 11.8. The van der Waals surface area contributed by atoms with Crippen LogP contribution >= 0.6 is 23.2 Å². The second-order valence-corrected chi connectivity index (χ2v) is 6.25. The zero-order valence-corrected chi connectivity index (χ0v) is 13.5. The number of Topliss-reactive ketones (excluding diaryl/α,β-unsaturated/α-hetero) is 1. The van der Waals surface area contributed by atoms with Crippen LogP contribution < -0.4 is 0 Å². The molecule has 2 rings (SSSR count). The molecule has 0 aromatic heterocycles. The van der Waals surface area contributed by atoms with Gasteiger partial charge in [-0.25, -0.2) is 9.18 Å². The van der Waals surface area contributed by atoms with Gasteiger partial charge in [0.2, 0.25) is 0 Å². The average molecular weight is 348 g/mol. The third kappa shape index (κ3) is 2.92. The fourth-order valence-electron chi connectivity index (χ4n) is 3.06. The first-order valence-corrected chi connectivity index (χ1v) is 7.72. The number of ketones is 1. The lowest BCUT2D eigenvalue weighted by molar-refractivity contribution is 0.0616. The SMILES string of the molecule is CCC[C@@]1(C(=O)c2ccc(Cl)c(Cl)c2)CC(F)CN1C(=O)O. The van der Waals surface area contributed by atoms with Crippen LogP contribution in [-0.4, -0.2) is 40.1 Å². The van der Waals surface area contributed by atoms with Gasteiger partial charge in [-0.15, -0.1) is 0 Å². The second-order valence-electron chi connectivity index (χ2n) is 5.43. The highest BCUT2D eigenvalue weighted by atomic mass is 35.5. The Morgan fingerprint density at radius 3 is 2.64 bits per heavy atom. The molecule has 0 saturated carbocycles. The number of carbonyl (C=O) groups excluding carboxylic acids is 1. The minimum Gasteiger partial charge on any atom is -0.465 e. The highest BCUT2D eigenvalue weighted by molar-refractivity contribution is 6.42. The molecule has 1 fully saturated rings. The summed E-state index contributed by atoms with van der Waals surface area (Å²) in [5.41, 5.74) is -1.14. The molecule has 0 aliphatic carbocycles. The molecule has 0 spiro atoms. The Morgan fingerprint density at radius 2 is 2.09 bits per heavy atom. The van der Waals surface area contributed by atoms with Crippen molar-refractivity contribution in [1.29, 1.82) is 0 Å². The number of nitrogens with zero attached hydrogens (tertiary/aromatic N) is 1. The van der Waals surface area contributed by atoms with E-state index in [1.165, 1.54) is 18.2 Å². The molecule has 1 aliphatic heterocycles. The van der Waals surface area contributed by atoms with E-state index in [0.717, 1.165) is 4.90 Å². The maximum absolute atomic E-state index is 13.9. The molecule has 1 aliphatic rings. The topological polar surface area (TPSA) is 57.6 Å². The quantitative estimate of drug-likeness (QED) is 0.819. The van der Waals surface area contributed by atoms with Gasteiger partial charge in [-0.1, -0.05) is 36.5 Å². The number of carboxylic acid groups (broad SMARTS) is 1. The Kier molecular flexibility index (Phi) is 4.97. The van der Waals surface area contributed by atoms with Crippen molar-refractivity contribution in [2.24, 2.45) is 0 Å². The summed E-state index contributed by atoms with van der Waals surface area (Å²) < 4.78 is 13.9. The van der Waals surface area contributed by atoms with Crippen LogP contribution in [0.15, 0.2) is 18.2 Å². The Bertz CT molecular complexity index is 610. The number of alkyl halides is 1. The van der Waals surface area contributed by atoms with Crippen molar-refractivity contribution in [3.05, 3.63) is 33.8 Å². The third-order valence-electron chi connectivity index (χ3n) is 3.96. The van der Waals surface area contributed by atoms with E-state index in [4.69, 9.17) is 23.2 Å². The molecule has 4 nitrogen and oxygen atoms in total. The molecule has 1 heterocycles. The van der Waals surface area contributed by atoms with Gasteiger partial charge in [0.05, 0.1) is 16.6 Å². The number of hydrogen-bond donors (Lipinski definition) is 1. The molecule has 1 aromatic carbocycles. The minimum atomic E-state index is -1.38. The van der Waals surface area contributed by atoms with E-state index in [2.05, 4.69) is 0 Å². The van der Waals surface area contributed by atoms with Crippen molar-refractivity contribution in [2.75, 3.05) is 6.54 Å². The predicted octanol–water partition coefficient (Wildman–Crippen LogP) is 4.44. The first kappa shape index (κ1) is 17.0. The summed E-state index contributed by atoms with van der Waals surface area (Å²) in [6.07, 6.45) is -1.95. The van der Waals surface area contributed by atoms with E-state index in [9.17, 15) is 19.1 Å². The van der Waals surface area contributed by atoms with Gasteiger partial charge in [0.25, 0.3) is 0 Å². The van der Waals surface area contributed by atoms with Gasteiger partial charge in [-0.2, -0.15) is 0 Å². The Hall–Kier alpha value is -1.33. The maximum Gasteiger partial charge on any atom is 0.408 e. The molecule has 1 unspecified atom stereocenters. The zero-order valence-electron chi connectivity index (χ0n) is 12.0. The van der Waals surface area contributed by atoms with Crippen LogP contribution in [0.4, 0.5) is 9.18 Å². The van der Waals surface area contributed by atoms with Gasteiger partial charge in [0.15, 0.2) is 5.78 Å². The van der Waals surface area contributed by atoms with Gasteiger partial charge in [0, 0.05) is 12.0 Å². The molecule has 1 amide bonds. The second kappa shape index (κ2) is 6.42. The van der Waals surface area contributed by atoms with Crippen molar-refractivity contribution in [3.63, 3.8) is 0 Å². The van der Waals surface area contributed by atoms with Crippen molar-refractivity contribution < 1.29 is 19.1 Å². The fraction of sp³-hybridized carbons (Fsp3) is 0.467. The summed E-state index contributed by atoms with van der Waals surface area (Å²) in [5.74, 6) is -0.435. The van der Waals surface area contributed by atoms with Crippen LogP contribution in [0.3, 0.4) is 0 Å². The number of halogens is 3. The molecule has 120 valence electrons. The highest BCUT2D eigenvalue weighted by Crippen LogP contribution is 2.39. The normalized spacial score (nSPS) is 24.5. The van der Waals surface area contributed by atoms with Crippen LogP contribution in [0.5, 0.6) is 0 Å². The van der Waals surface area contributed by atoms with Gasteiger partial charge in [0.1, 0.15) is 11.7 Å². The molecular formula is C15H16Cl2FNO3. The summed E-state index contributed by atoms with van der Waals surface area (Å²) in [7, 11) is 0. The van der Waals surface area contributed by atoms with Crippen LogP contribution in [0.25, 0.3) is 0 Å². The van der Waals surface area contributed by atoms with E-state index in [-0.39, 0.29) is 30.0 Å². The summed E-state index contributed by atoms with van der Waals surface area (Å²) in [4.78, 5) is 25.3. The summed E-state index contributed by atoms with van der Waals surface area (Å²) in [6.45, 7) is 1.54. The number of carbonyl (C=O) groups is 2. The van der Waals surface area contributed by atoms with E-state index < -0.39 is 23.6 Å². The van der Waals surface area contributed by atoms with E-state index in [1.807, 2.05) is 6.92 Å². The largest absolute Gasteiger partial charge is 0.465 e. The lowest BCUT2D eigenvalue weighted by Gasteiger charge is -2.35. The first-order chi connectivity index (χ1) is 10.3. The standard InChI is InChI=1S/C15H16Cl2FNO3/c1-2-5-15(7-10(18)8-19(15)14(21)22)13(20)9-3-4-11(16)12(17)6-9/h3-4,6,10H,2,5,7-8H2,1H3,(H,21,22)/t10?,15-/m0/s1. The zero-order chi connectivity index (χ0) is 16.5. The fourth-order valence-corrected chi connectivity index (χ4v) is 3.36. The third-order valence-corrected chi connectivity index (χ3v) is 4.69. The summed E-state index contributed by atoms with van der Waals surface area (Å²) in [5, 5.41) is 9.85. The van der Waals surface area contributed by atoms with Gasteiger partial charge in [-0.05, 0) is 24.6 Å². The number of benzene rings is 1. The lowest BCUT2D eigenvalue weighted by Crippen LogP contribution is -2.52. The van der Waals surface area contributed by atoms with Crippen LogP contribution in [0.1, 0.15) is 36.5 Å². The smallest absolute Gasteiger partial charge is 0.408 e. The maximum atomic E-state index is 13.9. The van der Waals surface area contributed by atoms with Crippen molar-refractivity contribution in [3.8, 4) is 0 Å². The van der Waals surface area contributed by atoms with E-state index in [1.54, 1.807) is 0 Å². The lowest BCUT2D eigenvalue weighted by atomic mass is 9.82. The molecule has 0 radical (unpaired) electrons. The monoisotopic (exact) mass is 347 g/mol. The van der Waals surface area contributed by atoms with Crippen LogP contribution in [0, 0.1) is 0 Å². The van der Waals surface area contributed by atoms with Gasteiger partial charge < -0.3 is 5.11 Å². The number of rotatable bonds is 4. The molecule has 22 heavy (non-hydrogen) atoms. The molecule has 2 atom stereocenters. The van der Waals surface area contributed by atoms with E-state index in [0.29, 0.717) is 11.4 Å². The van der Waals surface area contributed by atoms with Crippen LogP contribution in [-0.2, 0) is 0 Å². The molecule has 7 heteroatoms. The number of hydrogen-bond acceptors (Lipinski definition) is 2. The van der Waals surface area contributed by atoms with Gasteiger partial charge >= 0.3 is 6.09 Å². The van der Waals surface area contributed by atoms with Gasteiger partial charge in [-0.3, -0.25) is 9.69 Å². The number of amides is 1. The highest BCUT2D eigenvalue weighted by Gasteiger charge is 2.53. The Balaban J connectivity index is 2.47. The molecule has 0 bridgehead atoms. The molecule has 1 N–H and O–H groups in total. The first-order valence-electron chi connectivity index (χ1n) is 6.96. The predicted molar refractivity (Wildman–Crippen MR) is 82.7 cm³/mol. The Labute approximate surface area is 137 Å².